The van der Waals surface area contributed by atoms with Crippen molar-refractivity contribution in [2.24, 2.45) is 0 Å². The van der Waals surface area contributed by atoms with Gasteiger partial charge >= 0.3 is 0 Å². The Kier molecular flexibility index (Phi) is 3.70. The first-order valence-corrected chi connectivity index (χ1v) is 6.94. The summed E-state index contributed by atoms with van der Waals surface area (Å²) in [7, 11) is 0. The number of carbonyl (C=O) groups excluding carboxylic acids is 1. The molecule has 5 nitrogen and oxygen atoms in total. The molecule has 0 aliphatic carbocycles. The number of rotatable bonds is 3. The number of ketones is 1. The summed E-state index contributed by atoms with van der Waals surface area (Å²) in [5.41, 5.74) is 1.92. The second kappa shape index (κ2) is 5.81. The molecule has 1 atom stereocenters. The van der Waals surface area contributed by atoms with Crippen molar-refractivity contribution in [1.82, 2.24) is 0 Å². The van der Waals surface area contributed by atoms with Gasteiger partial charge in [-0.2, -0.15) is 0 Å². The molecule has 2 aromatic carbocycles. The van der Waals surface area contributed by atoms with Crippen LogP contribution in [0.25, 0.3) is 0 Å². The van der Waals surface area contributed by atoms with Crippen LogP contribution in [0.15, 0.2) is 66.9 Å². The number of benzene rings is 2. The third-order valence-corrected chi connectivity index (χ3v) is 3.69. The summed E-state index contributed by atoms with van der Waals surface area (Å²) in [4.78, 5) is 24.1. The highest BCUT2D eigenvalue weighted by atomic mass is 16.6. The van der Waals surface area contributed by atoms with Crippen molar-refractivity contribution in [3.63, 3.8) is 0 Å². The molecule has 1 unspecified atom stereocenters. The van der Waals surface area contributed by atoms with Crippen LogP contribution in [0.5, 0.6) is 0 Å². The van der Waals surface area contributed by atoms with E-state index in [0.29, 0.717) is 6.42 Å². The molecule has 3 rings (SSSR count). The van der Waals surface area contributed by atoms with E-state index in [4.69, 9.17) is 0 Å². The highest BCUT2D eigenvalue weighted by molar-refractivity contribution is 5.92. The minimum absolute atomic E-state index is 0.0528. The van der Waals surface area contributed by atoms with Crippen LogP contribution < -0.4 is 4.90 Å². The lowest BCUT2D eigenvalue weighted by atomic mass is 9.96. The van der Waals surface area contributed by atoms with E-state index in [-0.39, 0.29) is 17.5 Å². The fourth-order valence-electron chi connectivity index (χ4n) is 2.59. The zero-order valence-corrected chi connectivity index (χ0v) is 11.8. The SMILES string of the molecule is O=C1C=CN(c2ccc([N+](=O)[O-])cc2)C(c2ccccc2)C1. The standard InChI is InChI=1S/C17H14N2O3/c20-16-10-11-18(14-6-8-15(9-7-14)19(21)22)17(12-16)13-4-2-1-3-5-13/h1-11,17H,12H2. The summed E-state index contributed by atoms with van der Waals surface area (Å²) >= 11 is 0. The van der Waals surface area contributed by atoms with Gasteiger partial charge in [0.25, 0.3) is 5.69 Å². The summed E-state index contributed by atoms with van der Waals surface area (Å²) in [5.74, 6) is 0.0759. The number of anilines is 1. The molecule has 2 aromatic rings. The fourth-order valence-corrected chi connectivity index (χ4v) is 2.59. The van der Waals surface area contributed by atoms with Gasteiger partial charge in [-0.3, -0.25) is 14.9 Å². The second-order valence-corrected chi connectivity index (χ2v) is 5.09. The smallest absolute Gasteiger partial charge is 0.269 e. The molecule has 110 valence electrons. The minimum Gasteiger partial charge on any atom is -0.340 e. The number of hydrogen-bond donors (Lipinski definition) is 0. The Balaban J connectivity index is 1.97. The number of allylic oxidation sites excluding steroid dienone is 1. The van der Waals surface area contributed by atoms with Crippen LogP contribution in [0.4, 0.5) is 11.4 Å². The predicted octanol–water partition coefficient (Wildman–Crippen LogP) is 3.63. The highest BCUT2D eigenvalue weighted by Gasteiger charge is 2.25. The molecule has 0 fully saturated rings. The van der Waals surface area contributed by atoms with Crippen molar-refractivity contribution in [2.45, 2.75) is 12.5 Å². The van der Waals surface area contributed by atoms with Crippen LogP contribution in [-0.4, -0.2) is 10.7 Å². The average molecular weight is 294 g/mol. The van der Waals surface area contributed by atoms with Gasteiger partial charge in [0.1, 0.15) is 0 Å². The summed E-state index contributed by atoms with van der Waals surface area (Å²) in [5, 5.41) is 10.8. The zero-order chi connectivity index (χ0) is 15.5. The zero-order valence-electron chi connectivity index (χ0n) is 11.8. The second-order valence-electron chi connectivity index (χ2n) is 5.09. The molecule has 0 saturated carbocycles. The Morgan fingerprint density at radius 2 is 1.73 bits per heavy atom. The van der Waals surface area contributed by atoms with Crippen molar-refractivity contribution in [3.8, 4) is 0 Å². The van der Waals surface area contributed by atoms with Crippen LogP contribution >= 0.6 is 0 Å². The van der Waals surface area contributed by atoms with Gasteiger partial charge in [-0.25, -0.2) is 0 Å². The van der Waals surface area contributed by atoms with Crippen molar-refractivity contribution in [3.05, 3.63) is 82.6 Å². The maximum atomic E-state index is 11.8. The molecule has 22 heavy (non-hydrogen) atoms. The van der Waals surface area contributed by atoms with Crippen LogP contribution in [0.3, 0.4) is 0 Å². The van der Waals surface area contributed by atoms with Gasteiger partial charge in [0.2, 0.25) is 0 Å². The van der Waals surface area contributed by atoms with Gasteiger partial charge in [0, 0.05) is 30.4 Å². The quantitative estimate of drug-likeness (QED) is 0.640. The lowest BCUT2D eigenvalue weighted by Crippen LogP contribution is -2.28. The average Bonchev–Trinajstić information content (AvgIpc) is 2.56. The van der Waals surface area contributed by atoms with Gasteiger partial charge in [-0.05, 0) is 23.8 Å². The maximum Gasteiger partial charge on any atom is 0.269 e. The lowest BCUT2D eigenvalue weighted by Gasteiger charge is -2.33. The number of non-ortho nitro benzene ring substituents is 1. The Hall–Kier alpha value is -2.95. The molecule has 5 heteroatoms. The molecule has 0 saturated heterocycles. The Labute approximate surface area is 127 Å². The molecular weight excluding hydrogens is 280 g/mol. The molecule has 0 amide bonds. The molecule has 0 aromatic heterocycles. The first kappa shape index (κ1) is 14.0. The first-order valence-electron chi connectivity index (χ1n) is 6.94. The number of nitro benzene ring substituents is 1. The Bertz CT molecular complexity index is 723. The van der Waals surface area contributed by atoms with E-state index in [9.17, 15) is 14.9 Å². The van der Waals surface area contributed by atoms with E-state index in [1.807, 2.05) is 35.2 Å². The Morgan fingerprint density at radius 3 is 2.36 bits per heavy atom. The Morgan fingerprint density at radius 1 is 1.05 bits per heavy atom. The van der Waals surface area contributed by atoms with Crippen molar-refractivity contribution in [2.75, 3.05) is 4.90 Å². The molecule has 1 aliphatic rings. The number of hydrogen-bond acceptors (Lipinski definition) is 4. The van der Waals surface area contributed by atoms with Gasteiger partial charge in [-0.15, -0.1) is 0 Å². The molecule has 1 heterocycles. The predicted molar refractivity (Wildman–Crippen MR) is 83.5 cm³/mol. The van der Waals surface area contributed by atoms with Crippen LogP contribution in [-0.2, 0) is 4.79 Å². The summed E-state index contributed by atoms with van der Waals surface area (Å²) in [6, 6.07) is 16.0. The van der Waals surface area contributed by atoms with Crippen molar-refractivity contribution in [1.29, 1.82) is 0 Å². The molecular formula is C17H14N2O3. The summed E-state index contributed by atoms with van der Waals surface area (Å²) < 4.78 is 0. The third-order valence-electron chi connectivity index (χ3n) is 3.69. The van der Waals surface area contributed by atoms with Gasteiger partial charge in [-0.1, -0.05) is 30.3 Å². The number of nitrogens with zero attached hydrogens (tertiary/aromatic N) is 2. The van der Waals surface area contributed by atoms with E-state index in [2.05, 4.69) is 0 Å². The van der Waals surface area contributed by atoms with Gasteiger partial charge in [0.05, 0.1) is 11.0 Å². The van der Waals surface area contributed by atoms with Crippen LogP contribution in [0.1, 0.15) is 18.0 Å². The third kappa shape index (κ3) is 2.74. The summed E-state index contributed by atoms with van der Waals surface area (Å²) in [6.07, 6.45) is 3.67. The monoisotopic (exact) mass is 294 g/mol. The van der Waals surface area contributed by atoms with E-state index < -0.39 is 4.92 Å². The fraction of sp³-hybridized carbons (Fsp3) is 0.118. The first-order chi connectivity index (χ1) is 10.6. The largest absolute Gasteiger partial charge is 0.340 e. The van der Waals surface area contributed by atoms with E-state index >= 15 is 0 Å². The maximum absolute atomic E-state index is 11.8. The van der Waals surface area contributed by atoms with Crippen LogP contribution in [0, 0.1) is 10.1 Å². The lowest BCUT2D eigenvalue weighted by molar-refractivity contribution is -0.384. The van der Waals surface area contributed by atoms with E-state index in [1.165, 1.54) is 12.1 Å². The number of carbonyl (C=O) groups is 1. The molecule has 0 bridgehead atoms. The van der Waals surface area contributed by atoms with Gasteiger partial charge < -0.3 is 4.90 Å². The normalized spacial score (nSPS) is 17.5. The summed E-state index contributed by atoms with van der Waals surface area (Å²) in [6.45, 7) is 0. The van der Waals surface area contributed by atoms with Gasteiger partial charge in [0.15, 0.2) is 5.78 Å². The minimum atomic E-state index is -0.423. The molecule has 0 radical (unpaired) electrons. The topological polar surface area (TPSA) is 63.5 Å². The van der Waals surface area contributed by atoms with Crippen LogP contribution in [0.2, 0.25) is 0 Å². The number of nitro groups is 1. The van der Waals surface area contributed by atoms with Crippen molar-refractivity contribution >= 4 is 17.2 Å². The molecule has 1 aliphatic heterocycles. The molecule has 0 spiro atoms. The van der Waals surface area contributed by atoms with Crippen molar-refractivity contribution < 1.29 is 9.72 Å². The molecule has 0 N–H and O–H groups in total. The van der Waals surface area contributed by atoms with E-state index in [0.717, 1.165) is 11.3 Å². The highest BCUT2D eigenvalue weighted by Crippen LogP contribution is 2.33. The van der Waals surface area contributed by atoms with E-state index in [1.54, 1.807) is 24.4 Å².